The zero-order chi connectivity index (χ0) is 16.4. The van der Waals surface area contributed by atoms with Gasteiger partial charge in [0.25, 0.3) is 0 Å². The number of nitrogens with zero attached hydrogens (tertiary/aromatic N) is 1. The van der Waals surface area contributed by atoms with E-state index in [0.717, 1.165) is 62.2 Å². The van der Waals surface area contributed by atoms with Crippen molar-refractivity contribution in [3.05, 3.63) is 34.9 Å². The van der Waals surface area contributed by atoms with Crippen LogP contribution in [0.4, 0.5) is 0 Å². The zero-order valence-electron chi connectivity index (χ0n) is 14.3. The van der Waals surface area contributed by atoms with Crippen molar-refractivity contribution in [1.82, 2.24) is 4.90 Å². The number of hydrogen-bond donors (Lipinski definition) is 1. The number of halogens is 2. The van der Waals surface area contributed by atoms with E-state index in [-0.39, 0.29) is 23.9 Å². The summed E-state index contributed by atoms with van der Waals surface area (Å²) in [6, 6.07) is 8.13. The third-order valence-electron chi connectivity index (χ3n) is 5.81. The van der Waals surface area contributed by atoms with Crippen LogP contribution in [-0.2, 0) is 10.2 Å². The van der Waals surface area contributed by atoms with Gasteiger partial charge in [0, 0.05) is 24.2 Å². The molecule has 1 amide bonds. The number of carbonyl (C=O) groups is 1. The number of carbonyl (C=O) groups excluding carboxylic acids is 1. The second-order valence-corrected chi connectivity index (χ2v) is 7.72. The molecule has 0 bridgehead atoms. The van der Waals surface area contributed by atoms with Gasteiger partial charge >= 0.3 is 0 Å². The molecule has 1 aliphatic carbocycles. The van der Waals surface area contributed by atoms with Crippen LogP contribution in [-0.4, -0.2) is 29.9 Å². The Morgan fingerprint density at radius 1 is 1.29 bits per heavy atom. The van der Waals surface area contributed by atoms with Gasteiger partial charge in [-0.15, -0.1) is 12.4 Å². The molecule has 2 fully saturated rings. The number of nitrogens with two attached hydrogens (primary N) is 1. The van der Waals surface area contributed by atoms with Crippen molar-refractivity contribution >= 4 is 29.9 Å². The molecule has 1 saturated carbocycles. The molecule has 1 heterocycles. The molecule has 1 aromatic carbocycles. The first-order valence-electron chi connectivity index (χ1n) is 8.84. The Morgan fingerprint density at radius 2 is 1.92 bits per heavy atom. The quantitative estimate of drug-likeness (QED) is 0.867. The van der Waals surface area contributed by atoms with Crippen LogP contribution in [0.3, 0.4) is 0 Å². The van der Waals surface area contributed by atoms with E-state index in [2.05, 4.69) is 17.9 Å². The van der Waals surface area contributed by atoms with Gasteiger partial charge in [0.1, 0.15) is 0 Å². The van der Waals surface area contributed by atoms with Crippen molar-refractivity contribution < 1.29 is 4.79 Å². The molecule has 3 nitrogen and oxygen atoms in total. The molecular formula is C19H28Cl2N2O. The lowest BCUT2D eigenvalue weighted by atomic mass is 9.77. The maximum Gasteiger partial charge on any atom is 0.233 e. The van der Waals surface area contributed by atoms with Crippen LogP contribution in [0.5, 0.6) is 0 Å². The zero-order valence-corrected chi connectivity index (χ0v) is 15.9. The molecule has 1 saturated heterocycles. The molecule has 1 unspecified atom stereocenters. The van der Waals surface area contributed by atoms with Crippen LogP contribution in [0.2, 0.25) is 5.02 Å². The third kappa shape index (κ3) is 3.74. The molecule has 1 aliphatic heterocycles. The van der Waals surface area contributed by atoms with Crippen LogP contribution >= 0.6 is 24.0 Å². The van der Waals surface area contributed by atoms with Crippen LogP contribution in [0.15, 0.2) is 24.3 Å². The fraction of sp³-hybridized carbons (Fsp3) is 0.632. The van der Waals surface area contributed by atoms with E-state index >= 15 is 0 Å². The monoisotopic (exact) mass is 370 g/mol. The Kier molecular flexibility index (Phi) is 6.58. The summed E-state index contributed by atoms with van der Waals surface area (Å²) in [6.45, 7) is 3.76. The lowest BCUT2D eigenvalue weighted by Gasteiger charge is -2.39. The Balaban J connectivity index is 0.00000208. The summed E-state index contributed by atoms with van der Waals surface area (Å²) in [5.41, 5.74) is 6.77. The number of rotatable bonds is 3. The van der Waals surface area contributed by atoms with Crippen molar-refractivity contribution in [3.8, 4) is 0 Å². The summed E-state index contributed by atoms with van der Waals surface area (Å²) in [5, 5.41) is 0.720. The average Bonchev–Trinajstić information content (AvgIpc) is 3.05. The summed E-state index contributed by atoms with van der Waals surface area (Å²) < 4.78 is 0. The van der Waals surface area contributed by atoms with Crippen molar-refractivity contribution in [2.75, 3.05) is 13.1 Å². The highest BCUT2D eigenvalue weighted by molar-refractivity contribution is 6.30. The normalized spacial score (nSPS) is 22.0. The van der Waals surface area contributed by atoms with Gasteiger partial charge in [-0.3, -0.25) is 4.79 Å². The molecule has 1 atom stereocenters. The summed E-state index contributed by atoms with van der Waals surface area (Å²) >= 11 is 6.19. The van der Waals surface area contributed by atoms with Gasteiger partial charge < -0.3 is 10.6 Å². The molecule has 2 N–H and O–H groups in total. The smallest absolute Gasteiger partial charge is 0.233 e. The summed E-state index contributed by atoms with van der Waals surface area (Å²) in [4.78, 5) is 15.4. The van der Waals surface area contributed by atoms with Gasteiger partial charge in [-0.2, -0.15) is 0 Å². The highest BCUT2D eigenvalue weighted by Gasteiger charge is 2.45. The maximum absolute atomic E-state index is 13.4. The van der Waals surface area contributed by atoms with E-state index in [1.165, 1.54) is 0 Å². The molecule has 134 valence electrons. The van der Waals surface area contributed by atoms with E-state index in [1.807, 2.05) is 18.2 Å². The SMILES string of the molecule is CC(N)C1CCN(C(=O)C2(c3cccc(Cl)c3)CCCC2)CC1.Cl. The Hall–Kier alpha value is -0.770. The highest BCUT2D eigenvalue weighted by atomic mass is 35.5. The van der Waals surface area contributed by atoms with Gasteiger partial charge in [0.05, 0.1) is 5.41 Å². The number of piperidine rings is 1. The van der Waals surface area contributed by atoms with E-state index in [9.17, 15) is 4.79 Å². The Labute approximate surface area is 156 Å². The van der Waals surface area contributed by atoms with E-state index in [1.54, 1.807) is 0 Å². The third-order valence-corrected chi connectivity index (χ3v) is 6.05. The van der Waals surface area contributed by atoms with Crippen molar-refractivity contribution in [2.45, 2.75) is 56.9 Å². The molecular weight excluding hydrogens is 343 g/mol. The summed E-state index contributed by atoms with van der Waals surface area (Å²) in [6.07, 6.45) is 6.17. The van der Waals surface area contributed by atoms with Gasteiger partial charge in [-0.1, -0.05) is 36.6 Å². The van der Waals surface area contributed by atoms with Crippen molar-refractivity contribution in [1.29, 1.82) is 0 Å². The Bertz CT molecular complexity index is 562. The molecule has 5 heteroatoms. The van der Waals surface area contributed by atoms with E-state index < -0.39 is 0 Å². The number of likely N-dealkylation sites (tertiary alicyclic amines) is 1. The Morgan fingerprint density at radius 3 is 2.46 bits per heavy atom. The lowest BCUT2D eigenvalue weighted by molar-refractivity contribution is -0.138. The molecule has 0 spiro atoms. The largest absolute Gasteiger partial charge is 0.342 e. The minimum atomic E-state index is -0.355. The van der Waals surface area contributed by atoms with E-state index in [4.69, 9.17) is 17.3 Å². The minimum Gasteiger partial charge on any atom is -0.342 e. The fourth-order valence-electron chi connectivity index (χ4n) is 4.32. The van der Waals surface area contributed by atoms with Gasteiger partial charge in [0.15, 0.2) is 0 Å². The predicted octanol–water partition coefficient (Wildman–Crippen LogP) is 4.16. The first kappa shape index (κ1) is 19.6. The van der Waals surface area contributed by atoms with Crippen LogP contribution < -0.4 is 5.73 Å². The molecule has 1 aromatic rings. The fourth-order valence-corrected chi connectivity index (χ4v) is 4.51. The standard InChI is InChI=1S/C19H27ClN2O.ClH/c1-14(21)15-7-11-22(12-8-15)18(23)19(9-2-3-10-19)16-5-4-6-17(20)13-16;/h4-6,13-15H,2-3,7-12,21H2,1H3;1H. The first-order valence-corrected chi connectivity index (χ1v) is 9.22. The number of hydrogen-bond acceptors (Lipinski definition) is 2. The molecule has 0 aromatic heterocycles. The van der Waals surface area contributed by atoms with E-state index in [0.29, 0.717) is 11.8 Å². The van der Waals surface area contributed by atoms with Crippen LogP contribution in [0.25, 0.3) is 0 Å². The molecule has 3 rings (SSSR count). The van der Waals surface area contributed by atoms with Gasteiger partial charge in [-0.05, 0) is 56.2 Å². The second-order valence-electron chi connectivity index (χ2n) is 7.29. The first-order chi connectivity index (χ1) is 11.0. The molecule has 2 aliphatic rings. The van der Waals surface area contributed by atoms with Crippen LogP contribution in [0.1, 0.15) is 51.0 Å². The number of benzene rings is 1. The van der Waals surface area contributed by atoms with Crippen LogP contribution in [0, 0.1) is 5.92 Å². The lowest BCUT2D eigenvalue weighted by Crippen LogP contribution is -2.50. The topological polar surface area (TPSA) is 46.3 Å². The average molecular weight is 371 g/mol. The van der Waals surface area contributed by atoms with Crippen molar-refractivity contribution in [2.24, 2.45) is 11.7 Å². The summed E-state index contributed by atoms with van der Waals surface area (Å²) in [7, 11) is 0. The second kappa shape index (κ2) is 8.07. The van der Waals surface area contributed by atoms with Crippen molar-refractivity contribution in [3.63, 3.8) is 0 Å². The van der Waals surface area contributed by atoms with Gasteiger partial charge in [0.2, 0.25) is 5.91 Å². The molecule has 24 heavy (non-hydrogen) atoms. The highest BCUT2D eigenvalue weighted by Crippen LogP contribution is 2.43. The maximum atomic E-state index is 13.4. The summed E-state index contributed by atoms with van der Waals surface area (Å²) in [5.74, 6) is 0.852. The van der Waals surface area contributed by atoms with Gasteiger partial charge in [-0.25, -0.2) is 0 Å². The molecule has 0 radical (unpaired) electrons. The number of amides is 1. The minimum absolute atomic E-state index is 0. The predicted molar refractivity (Wildman–Crippen MR) is 102 cm³/mol.